The summed E-state index contributed by atoms with van der Waals surface area (Å²) in [6.45, 7) is 1.41. The molecule has 2 aromatic carbocycles. The molecule has 0 bridgehead atoms. The maximum atomic E-state index is 12.5. The summed E-state index contributed by atoms with van der Waals surface area (Å²) in [6, 6.07) is 10.5. The van der Waals surface area contributed by atoms with Gasteiger partial charge in [0, 0.05) is 31.4 Å². The second kappa shape index (κ2) is 9.00. The Hall–Kier alpha value is -2.66. The lowest BCUT2D eigenvalue weighted by molar-refractivity contribution is -0.120. The smallest absolute Gasteiger partial charge is 0.264 e. The van der Waals surface area contributed by atoms with Gasteiger partial charge < -0.3 is 15.5 Å². The molecule has 160 valence electrons. The van der Waals surface area contributed by atoms with Crippen molar-refractivity contribution in [2.45, 2.75) is 4.90 Å². The fourth-order valence-corrected chi connectivity index (χ4v) is 4.19. The van der Waals surface area contributed by atoms with Gasteiger partial charge in [-0.05, 0) is 42.5 Å². The van der Waals surface area contributed by atoms with E-state index in [1.165, 1.54) is 38.4 Å². The average molecular weight is 453 g/mol. The normalized spacial score (nSPS) is 14.5. The molecule has 1 aliphatic heterocycles. The summed E-state index contributed by atoms with van der Waals surface area (Å²) in [5.74, 6) is -0.489. The Morgan fingerprint density at radius 1 is 1.23 bits per heavy atom. The summed E-state index contributed by atoms with van der Waals surface area (Å²) in [4.78, 5) is 30.7. The van der Waals surface area contributed by atoms with E-state index in [9.17, 15) is 18.0 Å². The molecule has 3 rings (SSSR count). The maximum absolute atomic E-state index is 12.5. The highest BCUT2D eigenvalue weighted by atomic mass is 35.5. The van der Waals surface area contributed by atoms with Crippen molar-refractivity contribution in [2.75, 3.05) is 44.0 Å². The van der Waals surface area contributed by atoms with Gasteiger partial charge in [0.1, 0.15) is 0 Å². The molecule has 1 aliphatic rings. The average Bonchev–Trinajstić information content (AvgIpc) is 2.73. The number of sulfonamides is 1. The Bertz CT molecular complexity index is 1060. The number of anilines is 2. The predicted octanol–water partition coefficient (Wildman–Crippen LogP) is 1.71. The molecule has 0 spiro atoms. The molecule has 0 radical (unpaired) electrons. The number of carbonyl (C=O) groups excluding carboxylic acids is 2. The van der Waals surface area contributed by atoms with E-state index in [0.29, 0.717) is 29.5 Å². The van der Waals surface area contributed by atoms with Gasteiger partial charge in [-0.25, -0.2) is 8.42 Å². The van der Waals surface area contributed by atoms with Crippen molar-refractivity contribution < 1.29 is 22.8 Å². The maximum Gasteiger partial charge on any atom is 0.264 e. The molecular weight excluding hydrogens is 432 g/mol. The summed E-state index contributed by atoms with van der Waals surface area (Å²) < 4.78 is 25.2. The Morgan fingerprint density at radius 3 is 2.53 bits per heavy atom. The van der Waals surface area contributed by atoms with Gasteiger partial charge in [-0.2, -0.15) is 0 Å². The van der Waals surface area contributed by atoms with Crippen LogP contribution in [-0.4, -0.2) is 58.5 Å². The van der Waals surface area contributed by atoms with E-state index >= 15 is 0 Å². The molecule has 2 amide bonds. The van der Waals surface area contributed by atoms with E-state index in [0.717, 1.165) is 4.47 Å². The predicted molar refractivity (Wildman–Crippen MR) is 113 cm³/mol. The standard InChI is InChI=1S/C19H21ClN4O5S/c1-23(29-2)30(27,28)15-6-3-13(4-7-15)19(26)22-14-5-8-17(16(20)11-14)24-10-9-21-18(25)12-24/h3-8,11H,9-10,12H2,1-2H3,(H,21,25)(H,22,26). The molecule has 11 heteroatoms. The van der Waals surface area contributed by atoms with Crippen molar-refractivity contribution in [1.82, 2.24) is 9.79 Å². The van der Waals surface area contributed by atoms with Crippen molar-refractivity contribution in [3.63, 3.8) is 0 Å². The first-order valence-corrected chi connectivity index (χ1v) is 10.8. The fraction of sp³-hybridized carbons (Fsp3) is 0.263. The lowest BCUT2D eigenvalue weighted by Crippen LogP contribution is -2.47. The van der Waals surface area contributed by atoms with E-state index < -0.39 is 15.9 Å². The summed E-state index contributed by atoms with van der Waals surface area (Å²) >= 11 is 6.35. The van der Waals surface area contributed by atoms with Crippen molar-refractivity contribution in [3.05, 3.63) is 53.1 Å². The number of piperazine rings is 1. The minimum absolute atomic E-state index is 0.00126. The van der Waals surface area contributed by atoms with Gasteiger partial charge >= 0.3 is 0 Å². The summed E-state index contributed by atoms with van der Waals surface area (Å²) in [7, 11) is -1.26. The van der Waals surface area contributed by atoms with Crippen molar-refractivity contribution >= 4 is 44.8 Å². The highest BCUT2D eigenvalue weighted by molar-refractivity contribution is 7.89. The van der Waals surface area contributed by atoms with Crippen LogP contribution in [0.4, 0.5) is 11.4 Å². The molecule has 0 unspecified atom stereocenters. The van der Waals surface area contributed by atoms with Gasteiger partial charge in [0.2, 0.25) is 5.91 Å². The second-order valence-electron chi connectivity index (χ2n) is 6.51. The summed E-state index contributed by atoms with van der Waals surface area (Å²) in [5.41, 5.74) is 1.47. The second-order valence-corrected chi connectivity index (χ2v) is 8.86. The molecule has 9 nitrogen and oxygen atoms in total. The number of carbonyl (C=O) groups is 2. The zero-order valence-electron chi connectivity index (χ0n) is 16.4. The van der Waals surface area contributed by atoms with Crippen molar-refractivity contribution in [3.8, 4) is 0 Å². The Labute approximate surface area is 179 Å². The monoisotopic (exact) mass is 452 g/mol. The molecule has 0 aromatic heterocycles. The van der Waals surface area contributed by atoms with Gasteiger partial charge in [0.25, 0.3) is 15.9 Å². The quantitative estimate of drug-likeness (QED) is 0.646. The molecule has 0 atom stereocenters. The highest BCUT2D eigenvalue weighted by Crippen LogP contribution is 2.29. The lowest BCUT2D eigenvalue weighted by Gasteiger charge is -2.29. The number of nitrogens with zero attached hydrogens (tertiary/aromatic N) is 2. The van der Waals surface area contributed by atoms with Crippen LogP contribution in [0.15, 0.2) is 47.4 Å². The fourth-order valence-electron chi connectivity index (χ4n) is 2.91. The first-order chi connectivity index (χ1) is 14.2. The third-order valence-electron chi connectivity index (χ3n) is 4.59. The van der Waals surface area contributed by atoms with E-state index in [2.05, 4.69) is 10.6 Å². The molecule has 1 saturated heterocycles. The Kier molecular flexibility index (Phi) is 6.61. The minimum Gasteiger partial charge on any atom is -0.359 e. The largest absolute Gasteiger partial charge is 0.359 e. The van der Waals surface area contributed by atoms with Gasteiger partial charge in [0.05, 0.1) is 29.3 Å². The van der Waals surface area contributed by atoms with Crippen LogP contribution in [0.1, 0.15) is 10.4 Å². The van der Waals surface area contributed by atoms with Crippen LogP contribution in [0.25, 0.3) is 0 Å². The number of hydrogen-bond donors (Lipinski definition) is 2. The number of halogens is 1. The van der Waals surface area contributed by atoms with Crippen LogP contribution < -0.4 is 15.5 Å². The van der Waals surface area contributed by atoms with Gasteiger partial charge in [-0.15, -0.1) is 0 Å². The van der Waals surface area contributed by atoms with Crippen molar-refractivity contribution in [2.24, 2.45) is 0 Å². The van der Waals surface area contributed by atoms with E-state index in [-0.39, 0.29) is 22.9 Å². The molecule has 0 saturated carbocycles. The minimum atomic E-state index is -3.79. The van der Waals surface area contributed by atoms with Crippen LogP contribution in [0.5, 0.6) is 0 Å². The highest BCUT2D eigenvalue weighted by Gasteiger charge is 2.21. The van der Waals surface area contributed by atoms with Crippen LogP contribution >= 0.6 is 11.6 Å². The number of nitrogens with one attached hydrogen (secondary N) is 2. The molecule has 2 N–H and O–H groups in total. The topological polar surface area (TPSA) is 108 Å². The third kappa shape index (κ3) is 4.73. The number of rotatable bonds is 6. The van der Waals surface area contributed by atoms with Gasteiger partial charge in [-0.3, -0.25) is 14.4 Å². The lowest BCUT2D eigenvalue weighted by atomic mass is 10.2. The number of hydroxylamine groups is 1. The molecule has 1 fully saturated rings. The van der Waals surface area contributed by atoms with Crippen LogP contribution in [0, 0.1) is 0 Å². The van der Waals surface area contributed by atoms with E-state index in [1.54, 1.807) is 18.2 Å². The molecule has 30 heavy (non-hydrogen) atoms. The van der Waals surface area contributed by atoms with Crippen LogP contribution in [0.3, 0.4) is 0 Å². The number of hydrogen-bond acceptors (Lipinski definition) is 6. The SMILES string of the molecule is CON(C)S(=O)(=O)c1ccc(C(=O)Nc2ccc(N3CCNC(=O)C3)c(Cl)c2)cc1. The molecular formula is C19H21ClN4O5S. The molecule has 0 aliphatic carbocycles. The van der Waals surface area contributed by atoms with E-state index in [4.69, 9.17) is 16.4 Å². The zero-order valence-corrected chi connectivity index (χ0v) is 18.0. The zero-order chi connectivity index (χ0) is 21.9. The van der Waals surface area contributed by atoms with Gasteiger partial charge in [0.15, 0.2) is 0 Å². The molecule has 1 heterocycles. The van der Waals surface area contributed by atoms with Gasteiger partial charge in [-0.1, -0.05) is 16.1 Å². The first-order valence-electron chi connectivity index (χ1n) is 8.98. The van der Waals surface area contributed by atoms with E-state index in [1.807, 2.05) is 4.90 Å². The Balaban J connectivity index is 1.71. The van der Waals surface area contributed by atoms with Crippen molar-refractivity contribution in [1.29, 1.82) is 0 Å². The third-order valence-corrected chi connectivity index (χ3v) is 6.59. The summed E-state index contributed by atoms with van der Waals surface area (Å²) in [6.07, 6.45) is 0. The Morgan fingerprint density at radius 2 is 1.93 bits per heavy atom. The van der Waals surface area contributed by atoms with Crippen LogP contribution in [-0.2, 0) is 19.7 Å². The van der Waals surface area contributed by atoms with Crippen LogP contribution in [0.2, 0.25) is 5.02 Å². The number of benzene rings is 2. The first kappa shape index (κ1) is 22.0. The molecule has 2 aromatic rings. The summed E-state index contributed by atoms with van der Waals surface area (Å²) in [5, 5.41) is 5.88. The number of amides is 2.